The molecular weight excluding hydrogens is 259 g/mol. The summed E-state index contributed by atoms with van der Waals surface area (Å²) in [5.74, 6) is 2.06. The molecule has 0 saturated heterocycles. The Bertz CT molecular complexity index is 436. The van der Waals surface area contributed by atoms with Crippen molar-refractivity contribution >= 4 is 17.5 Å². The molecule has 0 aliphatic heterocycles. The average Bonchev–Trinajstić information content (AvgIpc) is 2.35. The largest absolute Gasteiger partial charge is 0.298 e. The van der Waals surface area contributed by atoms with Gasteiger partial charge in [0.05, 0.1) is 5.75 Å². The summed E-state index contributed by atoms with van der Waals surface area (Å²) in [5.41, 5.74) is 0. The topological polar surface area (TPSA) is 17.1 Å². The quantitative estimate of drug-likeness (QED) is 0.752. The van der Waals surface area contributed by atoms with E-state index in [9.17, 15) is 9.18 Å². The van der Waals surface area contributed by atoms with Gasteiger partial charge >= 0.3 is 0 Å². The van der Waals surface area contributed by atoms with Crippen LogP contribution in [-0.4, -0.2) is 11.5 Å². The number of ketones is 1. The molecule has 0 heterocycles. The summed E-state index contributed by atoms with van der Waals surface area (Å²) in [6.07, 6.45) is 3.28. The molecule has 0 radical (unpaired) electrons. The summed E-state index contributed by atoms with van der Waals surface area (Å²) in [6, 6.07) is 6.46. The minimum absolute atomic E-state index is 0.208. The van der Waals surface area contributed by atoms with Crippen molar-refractivity contribution in [3.05, 3.63) is 30.1 Å². The number of carbonyl (C=O) groups excluding carboxylic acids is 1. The molecule has 1 saturated carbocycles. The molecule has 1 aromatic rings. The van der Waals surface area contributed by atoms with Crippen LogP contribution in [0.5, 0.6) is 0 Å². The zero-order chi connectivity index (χ0) is 13.8. The van der Waals surface area contributed by atoms with E-state index in [4.69, 9.17) is 0 Å². The molecule has 2 rings (SSSR count). The fraction of sp³-hybridized carbons (Fsp3) is 0.562. The van der Waals surface area contributed by atoms with Gasteiger partial charge in [0.15, 0.2) is 0 Å². The predicted molar refractivity (Wildman–Crippen MR) is 77.8 cm³/mol. The molecule has 19 heavy (non-hydrogen) atoms. The number of Topliss-reactive ketones (excluding diaryl/α,β-unsaturated/α-hetero) is 1. The third-order valence-electron chi connectivity index (χ3n) is 3.81. The summed E-state index contributed by atoms with van der Waals surface area (Å²) in [6.45, 7) is 4.46. The van der Waals surface area contributed by atoms with Gasteiger partial charge in [-0.05, 0) is 49.3 Å². The smallest absolute Gasteiger partial charge is 0.146 e. The van der Waals surface area contributed by atoms with Gasteiger partial charge < -0.3 is 0 Å². The number of thioether (sulfide) groups is 1. The monoisotopic (exact) mass is 280 g/mol. The van der Waals surface area contributed by atoms with Crippen LogP contribution in [0.1, 0.15) is 33.1 Å². The zero-order valence-corrected chi connectivity index (χ0v) is 12.4. The SMILES string of the molecule is CC1CC(C)CC(C(=O)CSc2cccc(F)c2)C1. The Morgan fingerprint density at radius 3 is 2.58 bits per heavy atom. The molecule has 1 aromatic carbocycles. The number of hydrogen-bond acceptors (Lipinski definition) is 2. The Kier molecular flexibility index (Phi) is 5.03. The van der Waals surface area contributed by atoms with Crippen molar-refractivity contribution in [2.45, 2.75) is 38.0 Å². The van der Waals surface area contributed by atoms with Crippen molar-refractivity contribution in [3.63, 3.8) is 0 Å². The maximum atomic E-state index is 13.1. The van der Waals surface area contributed by atoms with E-state index < -0.39 is 0 Å². The fourth-order valence-corrected chi connectivity index (χ4v) is 3.95. The van der Waals surface area contributed by atoms with Crippen LogP contribution < -0.4 is 0 Å². The summed E-state index contributed by atoms with van der Waals surface area (Å²) in [5, 5.41) is 0. The standard InChI is InChI=1S/C16H21FOS/c1-11-6-12(2)8-13(7-11)16(18)10-19-15-5-3-4-14(17)9-15/h3-5,9,11-13H,6-8,10H2,1-2H3. The Balaban J connectivity index is 1.87. The molecule has 3 heteroatoms. The van der Waals surface area contributed by atoms with Gasteiger partial charge in [-0.1, -0.05) is 19.9 Å². The zero-order valence-electron chi connectivity index (χ0n) is 11.6. The van der Waals surface area contributed by atoms with E-state index in [1.807, 2.05) is 6.07 Å². The summed E-state index contributed by atoms with van der Waals surface area (Å²) >= 11 is 1.45. The molecule has 0 spiro atoms. The summed E-state index contributed by atoms with van der Waals surface area (Å²) in [4.78, 5) is 13.1. The van der Waals surface area contributed by atoms with Crippen molar-refractivity contribution in [1.82, 2.24) is 0 Å². The van der Waals surface area contributed by atoms with Crippen LogP contribution in [0.3, 0.4) is 0 Å². The lowest BCUT2D eigenvalue weighted by Crippen LogP contribution is -2.27. The Labute approximate surface area is 119 Å². The molecule has 1 nitrogen and oxygen atoms in total. The maximum Gasteiger partial charge on any atom is 0.146 e. The van der Waals surface area contributed by atoms with Crippen LogP contribution >= 0.6 is 11.8 Å². The predicted octanol–water partition coefficient (Wildman–Crippen LogP) is 4.56. The van der Waals surface area contributed by atoms with Crippen molar-refractivity contribution in [1.29, 1.82) is 0 Å². The van der Waals surface area contributed by atoms with Gasteiger partial charge in [-0.25, -0.2) is 4.39 Å². The van der Waals surface area contributed by atoms with E-state index in [1.165, 1.54) is 30.3 Å². The third kappa shape index (κ3) is 4.34. The summed E-state index contributed by atoms with van der Waals surface area (Å²) < 4.78 is 13.1. The highest BCUT2D eigenvalue weighted by Crippen LogP contribution is 2.34. The lowest BCUT2D eigenvalue weighted by atomic mass is 9.75. The average molecular weight is 280 g/mol. The van der Waals surface area contributed by atoms with Gasteiger partial charge in [0.25, 0.3) is 0 Å². The second-order valence-corrected chi connectivity index (χ2v) is 6.88. The van der Waals surface area contributed by atoms with Gasteiger partial charge in [-0.3, -0.25) is 4.79 Å². The molecular formula is C16H21FOS. The Morgan fingerprint density at radius 1 is 1.26 bits per heavy atom. The first-order chi connectivity index (χ1) is 9.04. The first-order valence-electron chi connectivity index (χ1n) is 6.95. The first-order valence-corrected chi connectivity index (χ1v) is 7.94. The van der Waals surface area contributed by atoms with Crippen LogP contribution in [0.15, 0.2) is 29.2 Å². The number of rotatable bonds is 4. The maximum absolute atomic E-state index is 13.1. The second-order valence-electron chi connectivity index (χ2n) is 5.83. The number of halogens is 1. The highest BCUT2D eigenvalue weighted by atomic mass is 32.2. The molecule has 1 fully saturated rings. The van der Waals surface area contributed by atoms with E-state index >= 15 is 0 Å². The molecule has 2 unspecified atom stereocenters. The van der Waals surface area contributed by atoms with Gasteiger partial charge in [0.2, 0.25) is 0 Å². The van der Waals surface area contributed by atoms with Crippen LogP contribution in [0.25, 0.3) is 0 Å². The Morgan fingerprint density at radius 2 is 1.95 bits per heavy atom. The molecule has 1 aliphatic carbocycles. The number of hydrogen-bond donors (Lipinski definition) is 0. The van der Waals surface area contributed by atoms with Crippen LogP contribution in [0, 0.1) is 23.6 Å². The minimum atomic E-state index is -0.239. The van der Waals surface area contributed by atoms with Crippen molar-refractivity contribution in [2.24, 2.45) is 17.8 Å². The lowest BCUT2D eigenvalue weighted by molar-refractivity contribution is -0.122. The highest BCUT2D eigenvalue weighted by Gasteiger charge is 2.28. The minimum Gasteiger partial charge on any atom is -0.298 e. The normalized spacial score (nSPS) is 27.2. The van der Waals surface area contributed by atoms with Gasteiger partial charge in [-0.15, -0.1) is 11.8 Å². The number of carbonyl (C=O) groups is 1. The van der Waals surface area contributed by atoms with Gasteiger partial charge in [0.1, 0.15) is 11.6 Å². The van der Waals surface area contributed by atoms with Crippen molar-refractivity contribution < 1.29 is 9.18 Å². The van der Waals surface area contributed by atoms with E-state index in [2.05, 4.69) is 13.8 Å². The fourth-order valence-electron chi connectivity index (χ4n) is 3.04. The van der Waals surface area contributed by atoms with Crippen molar-refractivity contribution in [3.8, 4) is 0 Å². The third-order valence-corrected chi connectivity index (χ3v) is 4.83. The second kappa shape index (κ2) is 6.56. The summed E-state index contributed by atoms with van der Waals surface area (Å²) in [7, 11) is 0. The number of benzene rings is 1. The first kappa shape index (κ1) is 14.6. The van der Waals surface area contributed by atoms with Crippen LogP contribution in [0.4, 0.5) is 4.39 Å². The molecule has 104 valence electrons. The molecule has 0 aromatic heterocycles. The molecule has 0 amide bonds. The van der Waals surface area contributed by atoms with Gasteiger partial charge in [0, 0.05) is 10.8 Å². The molecule has 0 bridgehead atoms. The van der Waals surface area contributed by atoms with E-state index in [0.29, 0.717) is 23.4 Å². The molecule has 0 N–H and O–H groups in total. The van der Waals surface area contributed by atoms with E-state index in [0.717, 1.165) is 17.7 Å². The molecule has 1 aliphatic rings. The molecule has 2 atom stereocenters. The highest BCUT2D eigenvalue weighted by molar-refractivity contribution is 8.00. The Hall–Kier alpha value is -0.830. The van der Waals surface area contributed by atoms with Crippen molar-refractivity contribution in [2.75, 3.05) is 5.75 Å². The van der Waals surface area contributed by atoms with E-state index in [-0.39, 0.29) is 11.7 Å². The van der Waals surface area contributed by atoms with Crippen LogP contribution in [0.2, 0.25) is 0 Å². The van der Waals surface area contributed by atoms with Gasteiger partial charge in [-0.2, -0.15) is 0 Å². The lowest BCUT2D eigenvalue weighted by Gasteiger charge is -2.30. The van der Waals surface area contributed by atoms with E-state index in [1.54, 1.807) is 6.07 Å². The van der Waals surface area contributed by atoms with Crippen LogP contribution in [-0.2, 0) is 4.79 Å².